The molecule has 1 aliphatic carbocycles. The fourth-order valence-electron chi connectivity index (χ4n) is 2.49. The van der Waals surface area contributed by atoms with E-state index in [9.17, 15) is 9.59 Å². The zero-order chi connectivity index (χ0) is 15.9. The second-order valence-electron chi connectivity index (χ2n) is 5.50. The van der Waals surface area contributed by atoms with Gasteiger partial charge in [0.15, 0.2) is 0 Å². The van der Waals surface area contributed by atoms with Crippen molar-refractivity contribution in [3.05, 3.63) is 29.8 Å². The van der Waals surface area contributed by atoms with E-state index in [2.05, 4.69) is 16.0 Å². The van der Waals surface area contributed by atoms with Gasteiger partial charge in [0.05, 0.1) is 11.6 Å². The Morgan fingerprint density at radius 2 is 2.05 bits per heavy atom. The van der Waals surface area contributed by atoms with Crippen LogP contribution in [0.25, 0.3) is 0 Å². The van der Waals surface area contributed by atoms with Crippen molar-refractivity contribution in [3.63, 3.8) is 0 Å². The fraction of sp³-hybridized carbons (Fsp3) is 0.438. The van der Waals surface area contributed by atoms with Crippen molar-refractivity contribution in [3.8, 4) is 6.07 Å². The van der Waals surface area contributed by atoms with E-state index in [0.29, 0.717) is 11.3 Å². The van der Waals surface area contributed by atoms with E-state index in [4.69, 9.17) is 5.26 Å². The van der Waals surface area contributed by atoms with E-state index in [0.717, 1.165) is 25.7 Å². The van der Waals surface area contributed by atoms with Crippen LogP contribution >= 0.6 is 0 Å². The number of rotatable bonds is 4. The van der Waals surface area contributed by atoms with Gasteiger partial charge in [-0.3, -0.25) is 4.79 Å². The Hall–Kier alpha value is -2.55. The monoisotopic (exact) mass is 300 g/mol. The van der Waals surface area contributed by atoms with Gasteiger partial charge in [-0.05, 0) is 38.0 Å². The molecule has 6 heteroatoms. The van der Waals surface area contributed by atoms with Gasteiger partial charge >= 0.3 is 6.03 Å². The molecule has 0 aliphatic heterocycles. The average molecular weight is 300 g/mol. The minimum Gasteiger partial charge on any atom is -0.352 e. The number of urea groups is 1. The number of carbonyl (C=O) groups is 2. The maximum atomic E-state index is 12.0. The summed E-state index contributed by atoms with van der Waals surface area (Å²) in [4.78, 5) is 23.9. The minimum absolute atomic E-state index is 0.173. The van der Waals surface area contributed by atoms with Gasteiger partial charge in [0.2, 0.25) is 5.91 Å². The first-order chi connectivity index (χ1) is 10.6. The van der Waals surface area contributed by atoms with Gasteiger partial charge in [0.25, 0.3) is 0 Å². The van der Waals surface area contributed by atoms with E-state index in [1.165, 1.54) is 0 Å². The molecule has 116 valence electrons. The van der Waals surface area contributed by atoms with Crippen molar-refractivity contribution in [1.82, 2.24) is 10.6 Å². The maximum Gasteiger partial charge on any atom is 0.319 e. The lowest BCUT2D eigenvalue weighted by atomic mass is 10.2. The van der Waals surface area contributed by atoms with Crippen LogP contribution in [0.1, 0.15) is 38.2 Å². The van der Waals surface area contributed by atoms with Gasteiger partial charge in [-0.15, -0.1) is 0 Å². The summed E-state index contributed by atoms with van der Waals surface area (Å²) in [5.74, 6) is -0.173. The first-order valence-electron chi connectivity index (χ1n) is 7.46. The molecular formula is C16H20N4O2. The predicted molar refractivity (Wildman–Crippen MR) is 83.2 cm³/mol. The Morgan fingerprint density at radius 1 is 1.32 bits per heavy atom. The first kappa shape index (κ1) is 15.8. The molecule has 0 saturated heterocycles. The fourth-order valence-corrected chi connectivity index (χ4v) is 2.49. The molecule has 1 saturated carbocycles. The van der Waals surface area contributed by atoms with E-state index in [1.807, 2.05) is 6.07 Å². The van der Waals surface area contributed by atoms with Crippen molar-refractivity contribution >= 4 is 17.6 Å². The number of carbonyl (C=O) groups excluding carboxylic acids is 2. The van der Waals surface area contributed by atoms with Crippen molar-refractivity contribution in [1.29, 1.82) is 5.26 Å². The lowest BCUT2D eigenvalue weighted by molar-refractivity contribution is -0.123. The normalized spacial score (nSPS) is 15.6. The van der Waals surface area contributed by atoms with Crippen LogP contribution in [0.2, 0.25) is 0 Å². The third kappa shape index (κ3) is 4.48. The van der Waals surface area contributed by atoms with Crippen LogP contribution in [-0.2, 0) is 4.79 Å². The number of amides is 3. The van der Waals surface area contributed by atoms with E-state index in [1.54, 1.807) is 31.2 Å². The van der Waals surface area contributed by atoms with Crippen LogP contribution in [0.3, 0.4) is 0 Å². The SMILES string of the molecule is C[C@H](NC(=O)Nc1cccc(C#N)c1)C(=O)NC1CCCC1. The summed E-state index contributed by atoms with van der Waals surface area (Å²) < 4.78 is 0. The van der Waals surface area contributed by atoms with Gasteiger partial charge < -0.3 is 16.0 Å². The van der Waals surface area contributed by atoms with E-state index in [-0.39, 0.29) is 11.9 Å². The van der Waals surface area contributed by atoms with Crippen LogP contribution in [0, 0.1) is 11.3 Å². The molecule has 0 aromatic heterocycles. The Labute approximate surface area is 129 Å². The van der Waals surface area contributed by atoms with Crippen LogP contribution in [0.5, 0.6) is 0 Å². The van der Waals surface area contributed by atoms with Crippen LogP contribution < -0.4 is 16.0 Å². The summed E-state index contributed by atoms with van der Waals surface area (Å²) in [7, 11) is 0. The van der Waals surface area contributed by atoms with Crippen molar-refractivity contribution in [2.24, 2.45) is 0 Å². The zero-order valence-corrected chi connectivity index (χ0v) is 12.6. The largest absolute Gasteiger partial charge is 0.352 e. The Morgan fingerprint density at radius 3 is 2.73 bits per heavy atom. The van der Waals surface area contributed by atoms with Crippen molar-refractivity contribution in [2.45, 2.75) is 44.7 Å². The van der Waals surface area contributed by atoms with Crippen LogP contribution in [0.15, 0.2) is 24.3 Å². The number of nitriles is 1. The Balaban J connectivity index is 1.82. The topological polar surface area (TPSA) is 94.0 Å². The predicted octanol–water partition coefficient (Wildman–Crippen LogP) is 2.13. The van der Waals surface area contributed by atoms with Gasteiger partial charge in [-0.1, -0.05) is 18.9 Å². The number of benzene rings is 1. The van der Waals surface area contributed by atoms with Crippen LogP contribution in [0.4, 0.5) is 10.5 Å². The molecule has 6 nitrogen and oxygen atoms in total. The molecule has 0 radical (unpaired) electrons. The second kappa shape index (κ2) is 7.46. The Kier molecular flexibility index (Phi) is 5.37. The molecule has 1 aromatic carbocycles. The highest BCUT2D eigenvalue weighted by Crippen LogP contribution is 2.17. The summed E-state index contributed by atoms with van der Waals surface area (Å²) in [6.07, 6.45) is 4.29. The van der Waals surface area contributed by atoms with Gasteiger partial charge in [0, 0.05) is 11.7 Å². The molecule has 0 bridgehead atoms. The highest BCUT2D eigenvalue weighted by molar-refractivity contribution is 5.93. The van der Waals surface area contributed by atoms with E-state index >= 15 is 0 Å². The van der Waals surface area contributed by atoms with Gasteiger partial charge in [-0.2, -0.15) is 5.26 Å². The first-order valence-corrected chi connectivity index (χ1v) is 7.46. The zero-order valence-electron chi connectivity index (χ0n) is 12.6. The molecule has 1 aromatic rings. The molecule has 0 heterocycles. The molecule has 22 heavy (non-hydrogen) atoms. The molecule has 1 fully saturated rings. The maximum absolute atomic E-state index is 12.0. The second-order valence-corrected chi connectivity index (χ2v) is 5.50. The molecule has 2 rings (SSSR count). The third-order valence-electron chi connectivity index (χ3n) is 3.69. The van der Waals surface area contributed by atoms with Crippen LogP contribution in [-0.4, -0.2) is 24.0 Å². The number of anilines is 1. The van der Waals surface area contributed by atoms with Crippen molar-refractivity contribution in [2.75, 3.05) is 5.32 Å². The molecule has 0 spiro atoms. The van der Waals surface area contributed by atoms with Gasteiger partial charge in [-0.25, -0.2) is 4.79 Å². The smallest absolute Gasteiger partial charge is 0.319 e. The summed E-state index contributed by atoms with van der Waals surface area (Å²) in [6.45, 7) is 1.65. The molecule has 3 amide bonds. The number of hydrogen-bond acceptors (Lipinski definition) is 3. The molecule has 1 aliphatic rings. The summed E-state index contributed by atoms with van der Waals surface area (Å²) in [5, 5.41) is 17.0. The highest BCUT2D eigenvalue weighted by atomic mass is 16.2. The lowest BCUT2D eigenvalue weighted by Gasteiger charge is -2.18. The van der Waals surface area contributed by atoms with Gasteiger partial charge in [0.1, 0.15) is 6.04 Å². The molecule has 3 N–H and O–H groups in total. The molecule has 1 atom stereocenters. The number of hydrogen-bond donors (Lipinski definition) is 3. The highest BCUT2D eigenvalue weighted by Gasteiger charge is 2.21. The Bertz CT molecular complexity index is 588. The summed E-state index contributed by atoms with van der Waals surface area (Å²) in [5.41, 5.74) is 0.977. The lowest BCUT2D eigenvalue weighted by Crippen LogP contribution is -2.48. The average Bonchev–Trinajstić information content (AvgIpc) is 3.00. The molecular weight excluding hydrogens is 280 g/mol. The van der Waals surface area contributed by atoms with E-state index < -0.39 is 12.1 Å². The molecule has 0 unspecified atom stereocenters. The third-order valence-corrected chi connectivity index (χ3v) is 3.69. The quantitative estimate of drug-likeness (QED) is 0.795. The summed E-state index contributed by atoms with van der Waals surface area (Å²) >= 11 is 0. The number of nitrogens with one attached hydrogen (secondary N) is 3. The minimum atomic E-state index is -0.611. The standard InChI is InChI=1S/C16H20N4O2/c1-11(15(21)19-13-6-2-3-7-13)18-16(22)20-14-8-4-5-12(9-14)10-17/h4-5,8-9,11,13H,2-3,6-7H2,1H3,(H,19,21)(H2,18,20,22)/t11-/m0/s1. The summed E-state index contributed by atoms with van der Waals surface area (Å²) in [6, 6.07) is 7.75. The number of nitrogens with zero attached hydrogens (tertiary/aromatic N) is 1. The van der Waals surface area contributed by atoms with Crippen molar-refractivity contribution < 1.29 is 9.59 Å².